The van der Waals surface area contributed by atoms with Gasteiger partial charge in [-0.15, -0.1) is 0 Å². The molecule has 0 spiro atoms. The van der Waals surface area contributed by atoms with Gasteiger partial charge in [0.25, 0.3) is 0 Å². The van der Waals surface area contributed by atoms with Crippen LogP contribution in [0.25, 0.3) is 0 Å². The minimum absolute atomic E-state index is 0.106. The van der Waals surface area contributed by atoms with Crippen molar-refractivity contribution in [2.24, 2.45) is 5.73 Å². The van der Waals surface area contributed by atoms with Crippen LogP contribution in [-0.4, -0.2) is 13.7 Å². The molecule has 2 N–H and O–H groups in total. The fraction of sp³-hybridized carbons (Fsp3) is 0.250. The number of ether oxygens (including phenoxy) is 1. The highest BCUT2D eigenvalue weighted by atomic mass is 19.1. The van der Waals surface area contributed by atoms with E-state index in [0.29, 0.717) is 5.56 Å². The molecule has 0 saturated carbocycles. The largest absolute Gasteiger partial charge is 0.494 e. The molecular weight excluding hydrogens is 260 g/mol. The van der Waals surface area contributed by atoms with Crippen molar-refractivity contribution in [3.8, 4) is 5.75 Å². The zero-order valence-corrected chi connectivity index (χ0v) is 11.3. The lowest BCUT2D eigenvalue weighted by Gasteiger charge is -2.24. The topological polar surface area (TPSA) is 35.2 Å². The molecule has 1 atom stereocenters. The maximum Gasteiger partial charge on any atom is 0.168 e. The van der Waals surface area contributed by atoms with Gasteiger partial charge in [-0.25, -0.2) is 8.78 Å². The molecule has 0 heterocycles. The molecule has 4 heteroatoms. The second-order valence-corrected chi connectivity index (χ2v) is 4.65. The predicted molar refractivity (Wildman–Crippen MR) is 74.9 cm³/mol. The lowest BCUT2D eigenvalue weighted by molar-refractivity contribution is 0.173. The van der Waals surface area contributed by atoms with Gasteiger partial charge in [-0.1, -0.05) is 42.5 Å². The summed E-state index contributed by atoms with van der Waals surface area (Å²) in [5.41, 5.74) is 4.48. The fourth-order valence-electron chi connectivity index (χ4n) is 2.18. The van der Waals surface area contributed by atoms with E-state index in [1.165, 1.54) is 13.2 Å². The standard InChI is InChI=1S/C16H17F2NO/c1-20-14-9-5-6-12(15(14)17)10-16(18,11-19)13-7-3-2-4-8-13/h2-9H,10-11,19H2,1H3. The SMILES string of the molecule is COc1cccc(CC(F)(CN)c2ccccc2)c1F. The second-order valence-electron chi connectivity index (χ2n) is 4.65. The molecule has 2 aromatic rings. The molecule has 20 heavy (non-hydrogen) atoms. The highest BCUT2D eigenvalue weighted by Crippen LogP contribution is 2.32. The van der Waals surface area contributed by atoms with Crippen molar-refractivity contribution in [1.29, 1.82) is 0 Å². The van der Waals surface area contributed by atoms with Gasteiger partial charge in [-0.3, -0.25) is 0 Å². The normalized spacial score (nSPS) is 13.8. The Morgan fingerprint density at radius 1 is 1.10 bits per heavy atom. The first-order valence-corrected chi connectivity index (χ1v) is 6.36. The van der Waals surface area contributed by atoms with Gasteiger partial charge in [0, 0.05) is 13.0 Å². The number of hydrogen-bond donors (Lipinski definition) is 1. The molecule has 0 radical (unpaired) electrons. The van der Waals surface area contributed by atoms with Crippen LogP contribution in [0.5, 0.6) is 5.75 Å². The zero-order valence-electron chi connectivity index (χ0n) is 11.3. The monoisotopic (exact) mass is 277 g/mol. The fourth-order valence-corrected chi connectivity index (χ4v) is 2.18. The third-order valence-corrected chi connectivity index (χ3v) is 3.35. The molecular formula is C16H17F2NO. The Kier molecular flexibility index (Phi) is 4.35. The van der Waals surface area contributed by atoms with Crippen molar-refractivity contribution in [1.82, 2.24) is 0 Å². The quantitative estimate of drug-likeness (QED) is 0.911. The smallest absolute Gasteiger partial charge is 0.168 e. The van der Waals surface area contributed by atoms with Gasteiger partial charge in [0.05, 0.1) is 7.11 Å². The van der Waals surface area contributed by atoms with Crippen LogP contribution >= 0.6 is 0 Å². The van der Waals surface area contributed by atoms with Crippen LogP contribution in [0.15, 0.2) is 48.5 Å². The number of nitrogens with two attached hydrogens (primary N) is 1. The third-order valence-electron chi connectivity index (χ3n) is 3.35. The molecule has 0 amide bonds. The van der Waals surface area contributed by atoms with Crippen LogP contribution in [-0.2, 0) is 12.1 Å². The van der Waals surface area contributed by atoms with E-state index in [0.717, 1.165) is 0 Å². The van der Waals surface area contributed by atoms with Crippen molar-refractivity contribution in [2.75, 3.05) is 13.7 Å². The van der Waals surface area contributed by atoms with Gasteiger partial charge in [0.2, 0.25) is 0 Å². The number of benzene rings is 2. The molecule has 1 unspecified atom stereocenters. The first kappa shape index (κ1) is 14.5. The summed E-state index contributed by atoms with van der Waals surface area (Å²) in [6.45, 7) is -0.215. The summed E-state index contributed by atoms with van der Waals surface area (Å²) in [6, 6.07) is 13.3. The average Bonchev–Trinajstić information content (AvgIpc) is 2.50. The molecule has 0 aliphatic carbocycles. The summed E-state index contributed by atoms with van der Waals surface area (Å²) in [5, 5.41) is 0. The van der Waals surface area contributed by atoms with E-state index in [-0.39, 0.29) is 24.3 Å². The lowest BCUT2D eigenvalue weighted by atomic mass is 9.88. The zero-order chi connectivity index (χ0) is 14.6. The summed E-state index contributed by atoms with van der Waals surface area (Å²) in [5.74, 6) is -0.434. The van der Waals surface area contributed by atoms with Crippen LogP contribution in [0.2, 0.25) is 0 Å². The van der Waals surface area contributed by atoms with E-state index >= 15 is 4.39 Å². The first-order chi connectivity index (χ1) is 9.60. The van der Waals surface area contributed by atoms with E-state index < -0.39 is 11.5 Å². The van der Waals surface area contributed by atoms with Crippen LogP contribution in [0.3, 0.4) is 0 Å². The molecule has 2 rings (SSSR count). The molecule has 2 nitrogen and oxygen atoms in total. The van der Waals surface area contributed by atoms with E-state index in [9.17, 15) is 4.39 Å². The molecule has 0 bridgehead atoms. The number of methoxy groups -OCH3 is 1. The van der Waals surface area contributed by atoms with Gasteiger partial charge < -0.3 is 10.5 Å². The highest BCUT2D eigenvalue weighted by molar-refractivity contribution is 5.34. The Morgan fingerprint density at radius 3 is 2.40 bits per heavy atom. The van der Waals surface area contributed by atoms with Crippen LogP contribution in [0, 0.1) is 5.82 Å². The van der Waals surface area contributed by atoms with Gasteiger partial charge >= 0.3 is 0 Å². The van der Waals surface area contributed by atoms with Crippen molar-refractivity contribution >= 4 is 0 Å². The van der Waals surface area contributed by atoms with Gasteiger partial charge in [-0.05, 0) is 17.2 Å². The minimum Gasteiger partial charge on any atom is -0.494 e. The average molecular weight is 277 g/mol. The molecule has 0 fully saturated rings. The molecule has 0 saturated heterocycles. The van der Waals surface area contributed by atoms with Crippen molar-refractivity contribution in [3.05, 3.63) is 65.5 Å². The highest BCUT2D eigenvalue weighted by Gasteiger charge is 2.32. The number of alkyl halides is 1. The first-order valence-electron chi connectivity index (χ1n) is 6.36. The molecule has 106 valence electrons. The Morgan fingerprint density at radius 2 is 1.80 bits per heavy atom. The van der Waals surface area contributed by atoms with Gasteiger partial charge in [-0.2, -0.15) is 0 Å². The Labute approximate surface area is 117 Å². The van der Waals surface area contributed by atoms with Gasteiger partial charge in [0.1, 0.15) is 0 Å². The van der Waals surface area contributed by atoms with Crippen LogP contribution < -0.4 is 10.5 Å². The van der Waals surface area contributed by atoms with E-state index in [2.05, 4.69) is 0 Å². The number of halogens is 2. The summed E-state index contributed by atoms with van der Waals surface area (Å²) in [7, 11) is 1.38. The molecule has 0 aromatic heterocycles. The van der Waals surface area contributed by atoms with Crippen molar-refractivity contribution in [3.63, 3.8) is 0 Å². The van der Waals surface area contributed by atoms with E-state index in [1.54, 1.807) is 42.5 Å². The Bertz CT molecular complexity index is 574. The van der Waals surface area contributed by atoms with Crippen molar-refractivity contribution < 1.29 is 13.5 Å². The Balaban J connectivity index is 2.36. The van der Waals surface area contributed by atoms with E-state index in [1.807, 2.05) is 0 Å². The second kappa shape index (κ2) is 6.01. The van der Waals surface area contributed by atoms with Gasteiger partial charge in [0.15, 0.2) is 17.2 Å². The maximum absolute atomic E-state index is 15.0. The summed E-state index contributed by atoms with van der Waals surface area (Å²) in [4.78, 5) is 0. The lowest BCUT2D eigenvalue weighted by Crippen LogP contribution is -2.33. The molecule has 0 aliphatic heterocycles. The summed E-state index contributed by atoms with van der Waals surface area (Å²) >= 11 is 0. The third kappa shape index (κ3) is 2.80. The number of rotatable bonds is 5. The minimum atomic E-state index is -1.80. The summed E-state index contributed by atoms with van der Waals surface area (Å²) < 4.78 is 34.1. The maximum atomic E-state index is 15.0. The summed E-state index contributed by atoms with van der Waals surface area (Å²) in [6.07, 6.45) is -0.128. The number of hydrogen-bond acceptors (Lipinski definition) is 2. The Hall–Kier alpha value is -1.94. The van der Waals surface area contributed by atoms with E-state index in [4.69, 9.17) is 10.5 Å². The van der Waals surface area contributed by atoms with Crippen LogP contribution in [0.4, 0.5) is 8.78 Å². The molecule has 2 aromatic carbocycles. The predicted octanol–water partition coefficient (Wildman–Crippen LogP) is 3.20. The van der Waals surface area contributed by atoms with Crippen LogP contribution in [0.1, 0.15) is 11.1 Å². The molecule has 0 aliphatic rings. The van der Waals surface area contributed by atoms with Crippen molar-refractivity contribution in [2.45, 2.75) is 12.1 Å².